The Kier molecular flexibility index (Phi) is 10.7. The predicted molar refractivity (Wildman–Crippen MR) is 141 cm³/mol. The zero-order chi connectivity index (χ0) is 29.6. The molecule has 8 nitrogen and oxygen atoms in total. The average molecular weight is 592 g/mol. The lowest BCUT2D eigenvalue weighted by Crippen LogP contribution is -2.47. The van der Waals surface area contributed by atoms with Gasteiger partial charge in [-0.05, 0) is 30.8 Å². The number of primary amides is 1. The molecule has 1 aliphatic rings. The fourth-order valence-corrected chi connectivity index (χ4v) is 4.66. The molecule has 0 spiro atoms. The van der Waals surface area contributed by atoms with E-state index in [9.17, 15) is 32.3 Å². The molecule has 2 aromatic rings. The molecule has 0 radical (unpaired) electrons. The lowest BCUT2D eigenvalue weighted by Gasteiger charge is -2.37. The Hall–Kier alpha value is -3.00. The van der Waals surface area contributed by atoms with Gasteiger partial charge in [0.1, 0.15) is 6.04 Å². The number of likely N-dealkylation sites (N-methyl/N-ethyl adjacent to an activating group) is 1. The minimum Gasteiger partial charge on any atom is -0.394 e. The molecule has 220 valence electrons. The van der Waals surface area contributed by atoms with E-state index in [1.807, 2.05) is 4.90 Å². The van der Waals surface area contributed by atoms with Crippen LogP contribution in [0.1, 0.15) is 29.3 Å². The minimum atomic E-state index is -4.24. The summed E-state index contributed by atoms with van der Waals surface area (Å²) in [5, 5.41) is 12.4. The monoisotopic (exact) mass is 591 g/mol. The molecule has 0 bridgehead atoms. The Morgan fingerprint density at radius 3 is 2.38 bits per heavy atom. The molecule has 40 heavy (non-hydrogen) atoms. The van der Waals surface area contributed by atoms with Gasteiger partial charge < -0.3 is 21.1 Å². The van der Waals surface area contributed by atoms with Gasteiger partial charge in [-0.1, -0.05) is 24.6 Å². The van der Waals surface area contributed by atoms with Crippen LogP contribution in [0.15, 0.2) is 30.3 Å². The van der Waals surface area contributed by atoms with Crippen LogP contribution in [0.4, 0.5) is 33.3 Å². The third kappa shape index (κ3) is 8.03. The summed E-state index contributed by atoms with van der Waals surface area (Å²) in [4.78, 5) is 29.5. The van der Waals surface area contributed by atoms with E-state index in [2.05, 4.69) is 5.32 Å². The van der Waals surface area contributed by atoms with E-state index in [-0.39, 0.29) is 30.9 Å². The first kappa shape index (κ1) is 31.5. The van der Waals surface area contributed by atoms with Crippen molar-refractivity contribution in [3.8, 4) is 0 Å². The van der Waals surface area contributed by atoms with Gasteiger partial charge in [0.25, 0.3) is 5.91 Å². The summed E-state index contributed by atoms with van der Waals surface area (Å²) < 4.78 is 67.7. The van der Waals surface area contributed by atoms with Crippen LogP contribution in [-0.4, -0.2) is 84.8 Å². The van der Waals surface area contributed by atoms with Gasteiger partial charge in [-0.3, -0.25) is 19.4 Å². The summed E-state index contributed by atoms with van der Waals surface area (Å²) in [6.45, 7) is 2.39. The van der Waals surface area contributed by atoms with Crippen molar-refractivity contribution in [3.63, 3.8) is 0 Å². The normalized spacial score (nSPS) is 15.4. The molecule has 0 unspecified atom stereocenters. The number of nitrogens with one attached hydrogen (secondary N) is 1. The summed E-state index contributed by atoms with van der Waals surface area (Å²) in [6.07, 6.45) is -5.15. The average Bonchev–Trinajstić information content (AvgIpc) is 2.90. The highest BCUT2D eigenvalue weighted by Gasteiger charge is 2.30. The van der Waals surface area contributed by atoms with Crippen molar-refractivity contribution in [2.75, 3.05) is 56.1 Å². The van der Waals surface area contributed by atoms with E-state index >= 15 is 4.39 Å². The van der Waals surface area contributed by atoms with Crippen LogP contribution in [-0.2, 0) is 11.3 Å². The second-order valence-corrected chi connectivity index (χ2v) is 9.81. The highest BCUT2D eigenvalue weighted by molar-refractivity contribution is 6.31. The molecule has 1 fully saturated rings. The first-order chi connectivity index (χ1) is 18.8. The van der Waals surface area contributed by atoms with Crippen LogP contribution >= 0.6 is 11.6 Å². The van der Waals surface area contributed by atoms with Crippen LogP contribution in [0, 0.1) is 11.6 Å². The van der Waals surface area contributed by atoms with Gasteiger partial charge in [0, 0.05) is 49.9 Å². The molecule has 0 aliphatic carbocycles. The molecule has 1 heterocycles. The van der Waals surface area contributed by atoms with Crippen LogP contribution in [0.25, 0.3) is 0 Å². The Morgan fingerprint density at radius 2 is 1.80 bits per heavy atom. The number of nitrogens with zero attached hydrogens (tertiary/aromatic N) is 3. The second-order valence-electron chi connectivity index (χ2n) is 9.37. The second kappa shape index (κ2) is 13.6. The molecule has 3 rings (SSSR count). The summed E-state index contributed by atoms with van der Waals surface area (Å²) in [5.74, 6) is -4.41. The standard InChI is InChI=1S/C26H31ClF5N5O3/c1-2-36(21(15-38)24(33)39)14-16-3-5-18(23(29)22(16)28)25(40)34-19-6-4-17(27)13-20(19)37-11-9-35(10-12-37)8-7-26(30,31)32/h3-6,13,21,38H,2,7-12,14-15H2,1H3,(H2,33,39)(H,34,40)/t21-/m0/s1. The number of hydrogen-bond donors (Lipinski definition) is 3. The first-order valence-corrected chi connectivity index (χ1v) is 13.0. The molecule has 4 N–H and O–H groups in total. The topological polar surface area (TPSA) is 102 Å². The SMILES string of the molecule is CCN(Cc1ccc(C(=O)Nc2ccc(Cl)cc2N2CCN(CCC(F)(F)F)CC2)c(F)c1F)[C@@H](CO)C(N)=O. The van der Waals surface area contributed by atoms with E-state index in [0.717, 1.165) is 6.07 Å². The van der Waals surface area contributed by atoms with E-state index in [1.165, 1.54) is 23.1 Å². The molecule has 1 saturated heterocycles. The number of alkyl halides is 3. The van der Waals surface area contributed by atoms with Crippen LogP contribution in [0.5, 0.6) is 0 Å². The van der Waals surface area contributed by atoms with Gasteiger partial charge in [-0.15, -0.1) is 0 Å². The lowest BCUT2D eigenvalue weighted by molar-refractivity contribution is -0.138. The highest BCUT2D eigenvalue weighted by Crippen LogP contribution is 2.31. The summed E-state index contributed by atoms with van der Waals surface area (Å²) in [5.41, 5.74) is 5.35. The molecular weight excluding hydrogens is 561 g/mol. The van der Waals surface area contributed by atoms with Crippen molar-refractivity contribution in [2.24, 2.45) is 5.73 Å². The van der Waals surface area contributed by atoms with Crippen molar-refractivity contribution in [1.82, 2.24) is 9.80 Å². The Labute approximate surface area is 233 Å². The third-order valence-electron chi connectivity index (χ3n) is 6.76. The van der Waals surface area contributed by atoms with Crippen LogP contribution < -0.4 is 16.0 Å². The fourth-order valence-electron chi connectivity index (χ4n) is 4.49. The molecule has 0 saturated carbocycles. The number of aliphatic hydroxyl groups is 1. The molecule has 14 heteroatoms. The van der Waals surface area contributed by atoms with E-state index < -0.39 is 54.3 Å². The number of aliphatic hydroxyl groups excluding tert-OH is 1. The largest absolute Gasteiger partial charge is 0.394 e. The Bertz CT molecular complexity index is 1210. The zero-order valence-corrected chi connectivity index (χ0v) is 22.5. The number of rotatable bonds is 11. The van der Waals surface area contributed by atoms with Crippen molar-refractivity contribution >= 4 is 34.8 Å². The molecule has 0 aromatic heterocycles. The summed E-state index contributed by atoms with van der Waals surface area (Å²) in [7, 11) is 0. The van der Waals surface area contributed by atoms with Crippen LogP contribution in [0.2, 0.25) is 5.02 Å². The molecule has 2 aromatic carbocycles. The number of hydrogen-bond acceptors (Lipinski definition) is 6. The maximum absolute atomic E-state index is 15.0. The number of nitrogens with two attached hydrogens (primary N) is 1. The quantitative estimate of drug-likeness (QED) is 0.345. The maximum Gasteiger partial charge on any atom is 0.390 e. The highest BCUT2D eigenvalue weighted by atomic mass is 35.5. The Morgan fingerprint density at radius 1 is 1.12 bits per heavy atom. The lowest BCUT2D eigenvalue weighted by atomic mass is 10.1. The van der Waals surface area contributed by atoms with Gasteiger partial charge in [0.2, 0.25) is 5.91 Å². The zero-order valence-electron chi connectivity index (χ0n) is 21.8. The van der Waals surface area contributed by atoms with E-state index in [0.29, 0.717) is 36.9 Å². The van der Waals surface area contributed by atoms with Crippen molar-refractivity contribution in [1.29, 1.82) is 0 Å². The number of amides is 2. The van der Waals surface area contributed by atoms with Gasteiger partial charge >= 0.3 is 6.18 Å². The van der Waals surface area contributed by atoms with Crippen molar-refractivity contribution in [2.45, 2.75) is 32.1 Å². The molecule has 1 aliphatic heterocycles. The Balaban J connectivity index is 1.75. The van der Waals surface area contributed by atoms with Crippen molar-refractivity contribution in [3.05, 3.63) is 58.1 Å². The summed E-state index contributed by atoms with van der Waals surface area (Å²) >= 11 is 6.15. The van der Waals surface area contributed by atoms with Crippen molar-refractivity contribution < 1.29 is 36.6 Å². The van der Waals surface area contributed by atoms with Gasteiger partial charge in [0.05, 0.1) is 30.0 Å². The number of piperazine rings is 1. The molecule has 1 atom stereocenters. The molecule has 2 amide bonds. The van der Waals surface area contributed by atoms with Gasteiger partial charge in [-0.25, -0.2) is 8.78 Å². The number of carbonyl (C=O) groups is 2. The fraction of sp³-hybridized carbons (Fsp3) is 0.462. The van der Waals surface area contributed by atoms with E-state index in [4.69, 9.17) is 17.3 Å². The predicted octanol–water partition coefficient (Wildman–Crippen LogP) is 3.61. The number of benzene rings is 2. The molecular formula is C26H31ClF5N5O3. The summed E-state index contributed by atoms with van der Waals surface area (Å²) in [6, 6.07) is 5.84. The smallest absolute Gasteiger partial charge is 0.390 e. The van der Waals surface area contributed by atoms with Gasteiger partial charge in [-0.2, -0.15) is 13.2 Å². The number of anilines is 2. The minimum absolute atomic E-state index is 0.115. The van der Waals surface area contributed by atoms with Gasteiger partial charge in [0.15, 0.2) is 11.6 Å². The van der Waals surface area contributed by atoms with Crippen LogP contribution in [0.3, 0.4) is 0 Å². The maximum atomic E-state index is 15.0. The first-order valence-electron chi connectivity index (χ1n) is 12.6. The van der Waals surface area contributed by atoms with E-state index in [1.54, 1.807) is 17.9 Å². The number of halogens is 6. The number of carbonyl (C=O) groups excluding carboxylic acids is 2. The third-order valence-corrected chi connectivity index (χ3v) is 7.00.